The van der Waals surface area contributed by atoms with Crippen LogP contribution in [0.1, 0.15) is 18.4 Å². The summed E-state index contributed by atoms with van der Waals surface area (Å²) in [6.45, 7) is 3.85. The average molecular weight is 347 g/mol. The van der Waals surface area contributed by atoms with E-state index in [-0.39, 0.29) is 0 Å². The zero-order valence-electron chi connectivity index (χ0n) is 13.9. The fourth-order valence-electron chi connectivity index (χ4n) is 2.61. The molecule has 3 heterocycles. The number of hydrogen-bond acceptors (Lipinski definition) is 5. The number of aryl methyl sites for hydroxylation is 1. The molecule has 25 heavy (non-hydrogen) atoms. The van der Waals surface area contributed by atoms with Gasteiger partial charge >= 0.3 is 0 Å². The first-order chi connectivity index (χ1) is 12.2. The second-order valence-electron chi connectivity index (χ2n) is 5.71. The number of nitrogens with zero attached hydrogens (tertiary/aromatic N) is 3. The van der Waals surface area contributed by atoms with Crippen molar-refractivity contribution in [1.82, 2.24) is 15.0 Å². The number of nitrogens with one attached hydrogen (secondary N) is 2. The number of anilines is 1. The number of H-pyrrole nitrogens is 1. The summed E-state index contributed by atoms with van der Waals surface area (Å²) in [6.07, 6.45) is 1.88. The van der Waals surface area contributed by atoms with Crippen LogP contribution in [0.5, 0.6) is 0 Å². The molecule has 4 rings (SSSR count). The molecule has 0 spiro atoms. The number of fused-ring (bicyclic) bond motifs is 1. The Hall–Kier alpha value is -2.99. The van der Waals surface area contributed by atoms with Crippen LogP contribution in [0, 0.1) is 6.92 Å². The summed E-state index contributed by atoms with van der Waals surface area (Å²) in [5.41, 5.74) is 6.13. The van der Waals surface area contributed by atoms with Gasteiger partial charge in [0, 0.05) is 11.1 Å². The van der Waals surface area contributed by atoms with Crippen molar-refractivity contribution in [2.45, 2.75) is 13.8 Å². The molecule has 5 nitrogen and oxygen atoms in total. The third kappa shape index (κ3) is 3.16. The van der Waals surface area contributed by atoms with Gasteiger partial charge in [-0.25, -0.2) is 9.97 Å². The lowest BCUT2D eigenvalue weighted by molar-refractivity contribution is 1.08. The van der Waals surface area contributed by atoms with E-state index in [0.29, 0.717) is 0 Å². The maximum absolute atomic E-state index is 4.57. The third-order valence-corrected chi connectivity index (χ3v) is 4.96. The molecule has 0 bridgehead atoms. The zero-order chi connectivity index (χ0) is 17.2. The minimum absolute atomic E-state index is 0.726. The van der Waals surface area contributed by atoms with Crippen LogP contribution in [-0.4, -0.2) is 20.7 Å². The lowest BCUT2D eigenvalue weighted by atomic mass is 10.2. The normalized spacial score (nSPS) is 11.8. The standard InChI is InChI=1S/C19H17N5S/c1-12(16-9-6-10-20-16)23-24-18-15-11-17(14-7-4-3-5-8-14)25-19(15)22-13(2)21-18/h3-11,20H,1-2H3,(H,21,22,24). The van der Waals surface area contributed by atoms with Crippen LogP contribution in [0.15, 0.2) is 59.8 Å². The van der Waals surface area contributed by atoms with Crippen molar-refractivity contribution >= 4 is 33.1 Å². The van der Waals surface area contributed by atoms with Crippen molar-refractivity contribution in [3.8, 4) is 10.4 Å². The monoisotopic (exact) mass is 347 g/mol. The Morgan fingerprint density at radius 2 is 1.96 bits per heavy atom. The molecule has 2 N–H and O–H groups in total. The van der Waals surface area contributed by atoms with E-state index in [0.717, 1.165) is 33.3 Å². The number of benzene rings is 1. The molecule has 6 heteroatoms. The minimum atomic E-state index is 0.726. The Balaban J connectivity index is 1.73. The average Bonchev–Trinajstić information content (AvgIpc) is 3.29. The van der Waals surface area contributed by atoms with Gasteiger partial charge < -0.3 is 4.98 Å². The molecule has 0 aliphatic rings. The fourth-order valence-corrected chi connectivity index (χ4v) is 3.69. The molecule has 0 saturated carbocycles. The van der Waals surface area contributed by atoms with Gasteiger partial charge in [0.2, 0.25) is 0 Å². The second kappa shape index (κ2) is 6.49. The molecule has 3 aromatic heterocycles. The molecule has 0 aliphatic heterocycles. The van der Waals surface area contributed by atoms with Crippen LogP contribution in [0.2, 0.25) is 0 Å². The largest absolute Gasteiger partial charge is 0.360 e. The van der Waals surface area contributed by atoms with Crippen molar-refractivity contribution < 1.29 is 0 Å². The lowest BCUT2D eigenvalue weighted by Gasteiger charge is -2.04. The smallest absolute Gasteiger partial charge is 0.158 e. The molecule has 0 unspecified atom stereocenters. The summed E-state index contributed by atoms with van der Waals surface area (Å²) in [5, 5.41) is 5.44. The van der Waals surface area contributed by atoms with E-state index in [9.17, 15) is 0 Å². The molecule has 0 radical (unpaired) electrons. The van der Waals surface area contributed by atoms with Crippen LogP contribution in [-0.2, 0) is 0 Å². The first-order valence-electron chi connectivity index (χ1n) is 7.98. The van der Waals surface area contributed by atoms with E-state index in [1.54, 1.807) is 11.3 Å². The summed E-state index contributed by atoms with van der Waals surface area (Å²) < 4.78 is 0. The Morgan fingerprint density at radius 1 is 1.12 bits per heavy atom. The predicted molar refractivity (Wildman–Crippen MR) is 104 cm³/mol. The van der Waals surface area contributed by atoms with Crippen molar-refractivity contribution in [2.24, 2.45) is 5.10 Å². The van der Waals surface area contributed by atoms with Crippen LogP contribution in [0.25, 0.3) is 20.7 Å². The number of aromatic nitrogens is 3. The Bertz CT molecular complexity index is 1030. The minimum Gasteiger partial charge on any atom is -0.360 e. The molecule has 0 fully saturated rings. The van der Waals surface area contributed by atoms with Crippen molar-refractivity contribution in [1.29, 1.82) is 0 Å². The third-order valence-electron chi connectivity index (χ3n) is 3.88. The van der Waals surface area contributed by atoms with Crippen LogP contribution in [0.3, 0.4) is 0 Å². The summed E-state index contributed by atoms with van der Waals surface area (Å²) >= 11 is 1.66. The molecular weight excluding hydrogens is 330 g/mol. The molecule has 0 saturated heterocycles. The number of aromatic amines is 1. The first kappa shape index (κ1) is 15.5. The Kier molecular flexibility index (Phi) is 4.03. The molecule has 0 aliphatic carbocycles. The topological polar surface area (TPSA) is 66.0 Å². The van der Waals surface area contributed by atoms with E-state index in [1.165, 1.54) is 10.4 Å². The molecule has 4 aromatic rings. The van der Waals surface area contributed by atoms with Gasteiger partial charge in [0.25, 0.3) is 0 Å². The SMILES string of the molecule is CC(=NNc1nc(C)nc2sc(-c3ccccc3)cc12)c1ccc[nH]1. The van der Waals surface area contributed by atoms with Gasteiger partial charge in [0.15, 0.2) is 5.82 Å². The first-order valence-corrected chi connectivity index (χ1v) is 8.80. The highest BCUT2D eigenvalue weighted by Gasteiger charge is 2.11. The summed E-state index contributed by atoms with van der Waals surface area (Å²) in [4.78, 5) is 14.4. The van der Waals surface area contributed by atoms with Crippen molar-refractivity contribution in [3.05, 3.63) is 66.2 Å². The quantitative estimate of drug-likeness (QED) is 0.410. The van der Waals surface area contributed by atoms with E-state index in [2.05, 4.69) is 43.7 Å². The number of rotatable bonds is 4. The molecule has 1 aromatic carbocycles. The van der Waals surface area contributed by atoms with E-state index < -0.39 is 0 Å². The van der Waals surface area contributed by atoms with Gasteiger partial charge in [-0.1, -0.05) is 30.3 Å². The lowest BCUT2D eigenvalue weighted by Crippen LogP contribution is -2.02. The summed E-state index contributed by atoms with van der Waals surface area (Å²) in [6, 6.07) is 16.4. The molecule has 0 atom stereocenters. The maximum Gasteiger partial charge on any atom is 0.158 e. The predicted octanol–water partition coefficient (Wildman–Crippen LogP) is 4.83. The van der Waals surface area contributed by atoms with Gasteiger partial charge in [-0.15, -0.1) is 11.3 Å². The second-order valence-corrected chi connectivity index (χ2v) is 6.74. The number of hydrogen-bond donors (Lipinski definition) is 2. The van der Waals surface area contributed by atoms with Crippen LogP contribution >= 0.6 is 11.3 Å². The summed E-state index contributed by atoms with van der Waals surface area (Å²) in [7, 11) is 0. The van der Waals surface area contributed by atoms with Gasteiger partial charge in [0.05, 0.1) is 16.8 Å². The highest BCUT2D eigenvalue weighted by atomic mass is 32.1. The van der Waals surface area contributed by atoms with Crippen molar-refractivity contribution in [2.75, 3.05) is 5.43 Å². The van der Waals surface area contributed by atoms with Gasteiger partial charge in [-0.05, 0) is 37.6 Å². The van der Waals surface area contributed by atoms with E-state index in [4.69, 9.17) is 0 Å². The van der Waals surface area contributed by atoms with Gasteiger partial charge in [-0.2, -0.15) is 5.10 Å². The zero-order valence-corrected chi connectivity index (χ0v) is 14.8. The van der Waals surface area contributed by atoms with Crippen LogP contribution in [0.4, 0.5) is 5.82 Å². The molecular formula is C19H17N5S. The molecule has 124 valence electrons. The maximum atomic E-state index is 4.57. The highest BCUT2D eigenvalue weighted by Crippen LogP contribution is 2.35. The van der Waals surface area contributed by atoms with Gasteiger partial charge in [-0.3, -0.25) is 5.43 Å². The summed E-state index contributed by atoms with van der Waals surface area (Å²) in [5.74, 6) is 1.45. The van der Waals surface area contributed by atoms with Crippen molar-refractivity contribution in [3.63, 3.8) is 0 Å². The Morgan fingerprint density at radius 3 is 2.72 bits per heavy atom. The van der Waals surface area contributed by atoms with Gasteiger partial charge in [0.1, 0.15) is 10.7 Å². The number of hydrazone groups is 1. The molecule has 0 amide bonds. The van der Waals surface area contributed by atoms with E-state index >= 15 is 0 Å². The van der Waals surface area contributed by atoms with E-state index in [1.807, 2.05) is 50.4 Å². The fraction of sp³-hybridized carbons (Fsp3) is 0.105. The highest BCUT2D eigenvalue weighted by molar-refractivity contribution is 7.21. The Labute approximate surface area is 149 Å². The van der Waals surface area contributed by atoms with Crippen LogP contribution < -0.4 is 5.43 Å². The number of thiophene rings is 1.